The molecule has 0 spiro atoms. The van der Waals surface area contributed by atoms with Crippen molar-refractivity contribution < 1.29 is 9.47 Å². The average Bonchev–Trinajstić information content (AvgIpc) is 2.34. The van der Waals surface area contributed by atoms with Crippen LogP contribution in [0.3, 0.4) is 0 Å². The van der Waals surface area contributed by atoms with E-state index in [1.807, 2.05) is 0 Å². The molecule has 0 saturated carbocycles. The number of hydrogen-bond acceptors (Lipinski definition) is 3. The van der Waals surface area contributed by atoms with E-state index in [0.717, 1.165) is 32.1 Å². The summed E-state index contributed by atoms with van der Waals surface area (Å²) >= 11 is 0. The molecule has 3 nitrogen and oxygen atoms in total. The van der Waals surface area contributed by atoms with Crippen LogP contribution in [-0.2, 0) is 9.47 Å². The minimum absolute atomic E-state index is 0.684. The highest BCUT2D eigenvalue weighted by molar-refractivity contribution is 4.68. The Morgan fingerprint density at radius 3 is 2.44 bits per heavy atom. The lowest BCUT2D eigenvalue weighted by atomic mass is 9.99. The van der Waals surface area contributed by atoms with Gasteiger partial charge in [0.05, 0.1) is 13.2 Å². The van der Waals surface area contributed by atoms with Crippen molar-refractivity contribution in [2.45, 2.75) is 58.9 Å². The topological polar surface area (TPSA) is 30.5 Å². The van der Waals surface area contributed by atoms with Gasteiger partial charge in [0.25, 0.3) is 0 Å². The van der Waals surface area contributed by atoms with Gasteiger partial charge in [-0.05, 0) is 44.6 Å². The predicted octanol–water partition coefficient (Wildman–Crippen LogP) is 3.23. The van der Waals surface area contributed by atoms with Gasteiger partial charge in [0.2, 0.25) is 0 Å². The zero-order chi connectivity index (χ0) is 13.6. The number of hydrogen-bond donors (Lipinski definition) is 1. The van der Waals surface area contributed by atoms with Gasteiger partial charge >= 0.3 is 0 Å². The Kier molecular flexibility index (Phi) is 13.2. The molecule has 1 unspecified atom stereocenters. The maximum atomic E-state index is 5.47. The quantitative estimate of drug-likeness (QED) is 0.515. The normalized spacial score (nSPS) is 13.2. The van der Waals surface area contributed by atoms with Gasteiger partial charge in [-0.15, -0.1) is 0 Å². The number of nitrogens with one attached hydrogen (secondary N) is 1. The van der Waals surface area contributed by atoms with Crippen LogP contribution in [0.1, 0.15) is 52.9 Å². The maximum Gasteiger partial charge on any atom is 0.0700 e. The van der Waals surface area contributed by atoms with Crippen molar-refractivity contribution in [3.05, 3.63) is 0 Å². The summed E-state index contributed by atoms with van der Waals surface area (Å²) in [5.74, 6) is 0.775. The first kappa shape index (κ1) is 17.9. The number of methoxy groups -OCH3 is 1. The second-order valence-corrected chi connectivity index (χ2v) is 5.38. The summed E-state index contributed by atoms with van der Waals surface area (Å²) in [7, 11) is 1.71. The van der Waals surface area contributed by atoms with Crippen molar-refractivity contribution in [3.8, 4) is 0 Å². The van der Waals surface area contributed by atoms with Gasteiger partial charge in [-0.2, -0.15) is 0 Å². The molecule has 1 N–H and O–H groups in total. The Balaban J connectivity index is 3.49. The molecule has 0 heterocycles. The maximum absolute atomic E-state index is 5.47. The van der Waals surface area contributed by atoms with Crippen molar-refractivity contribution in [2.24, 2.45) is 5.92 Å². The molecule has 0 saturated heterocycles. The summed E-state index contributed by atoms with van der Waals surface area (Å²) in [5, 5.41) is 3.65. The molecule has 0 fully saturated rings. The van der Waals surface area contributed by atoms with E-state index in [1.165, 1.54) is 25.7 Å². The van der Waals surface area contributed by atoms with Crippen LogP contribution in [0.15, 0.2) is 0 Å². The van der Waals surface area contributed by atoms with E-state index in [1.54, 1.807) is 7.11 Å². The fourth-order valence-corrected chi connectivity index (χ4v) is 2.06. The molecule has 0 aliphatic heterocycles. The summed E-state index contributed by atoms with van der Waals surface area (Å²) in [6.45, 7) is 10.3. The highest BCUT2D eigenvalue weighted by Crippen LogP contribution is 2.11. The molecular weight excluding hydrogens is 226 g/mol. The third-order valence-corrected chi connectivity index (χ3v) is 2.96. The largest absolute Gasteiger partial charge is 0.382 e. The van der Waals surface area contributed by atoms with Crippen LogP contribution in [0.25, 0.3) is 0 Å². The van der Waals surface area contributed by atoms with Crippen molar-refractivity contribution in [3.63, 3.8) is 0 Å². The van der Waals surface area contributed by atoms with Crippen LogP contribution in [0.4, 0.5) is 0 Å². The summed E-state index contributed by atoms with van der Waals surface area (Å²) in [6, 6.07) is 0.684. The van der Waals surface area contributed by atoms with Crippen LogP contribution in [0.2, 0.25) is 0 Å². The Hall–Kier alpha value is -0.120. The Morgan fingerprint density at radius 2 is 1.83 bits per heavy atom. The fourth-order valence-electron chi connectivity index (χ4n) is 2.06. The summed E-state index contributed by atoms with van der Waals surface area (Å²) < 4.78 is 10.4. The first-order chi connectivity index (χ1) is 8.70. The van der Waals surface area contributed by atoms with Crippen LogP contribution >= 0.6 is 0 Å². The first-order valence-electron chi connectivity index (χ1n) is 7.50. The van der Waals surface area contributed by atoms with Crippen LogP contribution in [-0.4, -0.2) is 39.5 Å². The zero-order valence-electron chi connectivity index (χ0n) is 12.8. The third kappa shape index (κ3) is 12.3. The van der Waals surface area contributed by atoms with Crippen molar-refractivity contribution >= 4 is 0 Å². The van der Waals surface area contributed by atoms with E-state index in [9.17, 15) is 0 Å². The molecule has 0 bridgehead atoms. The molecule has 0 rings (SSSR count). The summed E-state index contributed by atoms with van der Waals surface area (Å²) in [5.41, 5.74) is 0. The van der Waals surface area contributed by atoms with Crippen LogP contribution < -0.4 is 5.32 Å². The molecule has 0 aromatic heterocycles. The van der Waals surface area contributed by atoms with E-state index in [-0.39, 0.29) is 0 Å². The zero-order valence-corrected chi connectivity index (χ0v) is 12.8. The lowest BCUT2D eigenvalue weighted by Gasteiger charge is -2.20. The van der Waals surface area contributed by atoms with Gasteiger partial charge < -0.3 is 14.8 Å². The molecule has 0 aromatic carbocycles. The Labute approximate surface area is 114 Å². The average molecular weight is 259 g/mol. The SMILES string of the molecule is CCCNC(CCCCOCCOC)CC(C)C. The minimum Gasteiger partial charge on any atom is -0.382 e. The van der Waals surface area contributed by atoms with Crippen molar-refractivity contribution in [1.29, 1.82) is 0 Å². The highest BCUT2D eigenvalue weighted by atomic mass is 16.5. The van der Waals surface area contributed by atoms with Crippen LogP contribution in [0.5, 0.6) is 0 Å². The van der Waals surface area contributed by atoms with Gasteiger partial charge in [0.15, 0.2) is 0 Å². The smallest absolute Gasteiger partial charge is 0.0700 e. The standard InChI is InChI=1S/C15H33NO2/c1-5-9-16-15(13-14(2)3)8-6-7-10-18-12-11-17-4/h14-16H,5-13H2,1-4H3. The molecule has 110 valence electrons. The summed E-state index contributed by atoms with van der Waals surface area (Å²) in [6.07, 6.45) is 6.18. The molecular formula is C15H33NO2. The van der Waals surface area contributed by atoms with Crippen molar-refractivity contribution in [1.82, 2.24) is 5.32 Å². The third-order valence-electron chi connectivity index (χ3n) is 2.96. The lowest BCUT2D eigenvalue weighted by Crippen LogP contribution is -2.31. The van der Waals surface area contributed by atoms with Crippen LogP contribution in [0, 0.1) is 5.92 Å². The molecule has 18 heavy (non-hydrogen) atoms. The number of ether oxygens (including phenoxy) is 2. The van der Waals surface area contributed by atoms with Gasteiger partial charge in [-0.3, -0.25) is 0 Å². The minimum atomic E-state index is 0.684. The van der Waals surface area contributed by atoms with Gasteiger partial charge in [-0.25, -0.2) is 0 Å². The number of unbranched alkanes of at least 4 members (excludes halogenated alkanes) is 1. The molecule has 3 heteroatoms. The molecule has 0 aromatic rings. The van der Waals surface area contributed by atoms with Gasteiger partial charge in [0.1, 0.15) is 0 Å². The molecule has 1 atom stereocenters. The monoisotopic (exact) mass is 259 g/mol. The fraction of sp³-hybridized carbons (Fsp3) is 1.00. The second kappa shape index (κ2) is 13.3. The molecule has 0 aliphatic rings. The number of rotatable bonds is 13. The molecule has 0 radical (unpaired) electrons. The molecule has 0 aliphatic carbocycles. The Morgan fingerprint density at radius 1 is 1.06 bits per heavy atom. The predicted molar refractivity (Wildman–Crippen MR) is 78.1 cm³/mol. The Bertz CT molecular complexity index is 163. The van der Waals surface area contributed by atoms with E-state index >= 15 is 0 Å². The first-order valence-corrected chi connectivity index (χ1v) is 7.50. The van der Waals surface area contributed by atoms with E-state index < -0.39 is 0 Å². The molecule has 0 amide bonds. The van der Waals surface area contributed by atoms with E-state index in [2.05, 4.69) is 26.1 Å². The van der Waals surface area contributed by atoms with Crippen molar-refractivity contribution in [2.75, 3.05) is 33.5 Å². The second-order valence-electron chi connectivity index (χ2n) is 5.38. The summed E-state index contributed by atoms with van der Waals surface area (Å²) in [4.78, 5) is 0. The lowest BCUT2D eigenvalue weighted by molar-refractivity contribution is 0.0683. The van der Waals surface area contributed by atoms with E-state index in [4.69, 9.17) is 9.47 Å². The van der Waals surface area contributed by atoms with Gasteiger partial charge in [0, 0.05) is 19.8 Å². The highest BCUT2D eigenvalue weighted by Gasteiger charge is 2.09. The van der Waals surface area contributed by atoms with E-state index in [0.29, 0.717) is 12.6 Å². The van der Waals surface area contributed by atoms with Gasteiger partial charge in [-0.1, -0.05) is 20.8 Å².